The third kappa shape index (κ3) is 4.40. The highest BCUT2D eigenvalue weighted by molar-refractivity contribution is 5.69. The molecule has 0 N–H and O–H groups in total. The first-order chi connectivity index (χ1) is 11.7. The topological polar surface area (TPSA) is 35.5 Å². The molecule has 1 spiro atoms. The largest absolute Gasteiger partial charge is 0.489 e. The Morgan fingerprint density at radius 2 is 1.79 bits per heavy atom. The number of hydrogen-bond donors (Lipinski definition) is 0. The van der Waals surface area contributed by atoms with Gasteiger partial charge in [-0.25, -0.2) is 0 Å². The van der Waals surface area contributed by atoms with E-state index in [4.69, 9.17) is 4.74 Å². The first-order valence-corrected chi connectivity index (χ1v) is 9.18. The highest BCUT2D eigenvalue weighted by Crippen LogP contribution is 2.47. The fourth-order valence-electron chi connectivity index (χ4n) is 4.11. The van der Waals surface area contributed by atoms with Crippen molar-refractivity contribution in [3.63, 3.8) is 0 Å². The number of carbonyl (C=O) groups is 1. The van der Waals surface area contributed by atoms with Crippen molar-refractivity contribution in [1.29, 1.82) is 0 Å². The van der Waals surface area contributed by atoms with Gasteiger partial charge in [-0.2, -0.15) is 0 Å². The van der Waals surface area contributed by atoms with Crippen molar-refractivity contribution in [1.82, 2.24) is 0 Å². The van der Waals surface area contributed by atoms with Crippen LogP contribution in [0.4, 0.5) is 0 Å². The van der Waals surface area contributed by atoms with Crippen LogP contribution >= 0.6 is 0 Å². The van der Waals surface area contributed by atoms with Gasteiger partial charge in [0.05, 0.1) is 7.11 Å². The molecule has 3 heteroatoms. The Morgan fingerprint density at radius 3 is 2.50 bits per heavy atom. The van der Waals surface area contributed by atoms with Gasteiger partial charge in [-0.05, 0) is 67.2 Å². The lowest BCUT2D eigenvalue weighted by atomic mass is 9.75. The van der Waals surface area contributed by atoms with Crippen LogP contribution < -0.4 is 4.74 Å². The molecule has 1 saturated carbocycles. The van der Waals surface area contributed by atoms with E-state index in [1.807, 2.05) is 24.3 Å². The van der Waals surface area contributed by atoms with E-state index in [1.54, 1.807) is 0 Å². The van der Waals surface area contributed by atoms with Crippen LogP contribution in [0, 0.1) is 5.41 Å². The Balaban J connectivity index is 1.51. The molecule has 3 nitrogen and oxygen atoms in total. The van der Waals surface area contributed by atoms with Gasteiger partial charge in [0, 0.05) is 6.42 Å². The summed E-state index contributed by atoms with van der Waals surface area (Å²) < 4.78 is 10.7. The zero-order chi connectivity index (χ0) is 16.8. The summed E-state index contributed by atoms with van der Waals surface area (Å²) in [6.45, 7) is 0.712. The number of benzene rings is 1. The average Bonchev–Trinajstić information content (AvgIpc) is 3.06. The summed E-state index contributed by atoms with van der Waals surface area (Å²) in [6.07, 6.45) is 13.0. The first-order valence-electron chi connectivity index (χ1n) is 9.18. The summed E-state index contributed by atoms with van der Waals surface area (Å²) in [7, 11) is 1.43. The molecular formula is C21H28O3. The molecular weight excluding hydrogens is 300 g/mol. The lowest BCUT2D eigenvalue weighted by molar-refractivity contribution is -0.140. The molecule has 130 valence electrons. The summed E-state index contributed by atoms with van der Waals surface area (Å²) in [5.74, 6) is 0.740. The van der Waals surface area contributed by atoms with Crippen LogP contribution in [0.3, 0.4) is 0 Å². The van der Waals surface area contributed by atoms with Crippen molar-refractivity contribution in [2.24, 2.45) is 5.41 Å². The molecule has 0 amide bonds. The SMILES string of the molecule is COC(=O)CCc1ccc(OCC2=CC3(CCCC3)CCC2)cc1. The van der Waals surface area contributed by atoms with Gasteiger partial charge in [0.15, 0.2) is 0 Å². The van der Waals surface area contributed by atoms with E-state index < -0.39 is 0 Å². The highest BCUT2D eigenvalue weighted by Gasteiger charge is 2.33. The van der Waals surface area contributed by atoms with Crippen molar-refractivity contribution in [3.05, 3.63) is 41.5 Å². The maximum Gasteiger partial charge on any atom is 0.305 e. The molecule has 1 aromatic carbocycles. The van der Waals surface area contributed by atoms with E-state index >= 15 is 0 Å². The standard InChI is InChI=1S/C21H28O3/c1-23-20(22)11-8-17-6-9-19(10-7-17)24-16-18-5-4-14-21(15-18)12-2-3-13-21/h6-7,9-10,15H,2-5,8,11-14,16H2,1H3. The zero-order valence-electron chi connectivity index (χ0n) is 14.7. The summed E-state index contributed by atoms with van der Waals surface area (Å²) in [5.41, 5.74) is 3.10. The van der Waals surface area contributed by atoms with Crippen LogP contribution in [-0.4, -0.2) is 19.7 Å². The van der Waals surface area contributed by atoms with E-state index in [1.165, 1.54) is 57.6 Å². The Bertz CT molecular complexity index is 580. The van der Waals surface area contributed by atoms with Gasteiger partial charge >= 0.3 is 5.97 Å². The molecule has 24 heavy (non-hydrogen) atoms. The first kappa shape index (κ1) is 17.1. The zero-order valence-corrected chi connectivity index (χ0v) is 14.7. The van der Waals surface area contributed by atoms with Gasteiger partial charge in [0.1, 0.15) is 12.4 Å². The molecule has 0 radical (unpaired) electrons. The monoisotopic (exact) mass is 328 g/mol. The van der Waals surface area contributed by atoms with E-state index in [2.05, 4.69) is 10.8 Å². The van der Waals surface area contributed by atoms with Crippen molar-refractivity contribution in [3.8, 4) is 5.75 Å². The van der Waals surface area contributed by atoms with Crippen molar-refractivity contribution >= 4 is 5.97 Å². The van der Waals surface area contributed by atoms with Gasteiger partial charge in [-0.15, -0.1) is 0 Å². The molecule has 0 atom stereocenters. The molecule has 0 bridgehead atoms. The number of hydrogen-bond acceptors (Lipinski definition) is 3. The number of esters is 1. The quantitative estimate of drug-likeness (QED) is 0.553. The lowest BCUT2D eigenvalue weighted by Crippen LogP contribution is -2.19. The third-order valence-corrected chi connectivity index (χ3v) is 5.48. The maximum absolute atomic E-state index is 11.2. The average molecular weight is 328 g/mol. The number of methoxy groups -OCH3 is 1. The van der Waals surface area contributed by atoms with E-state index in [-0.39, 0.29) is 5.97 Å². The minimum absolute atomic E-state index is 0.166. The highest BCUT2D eigenvalue weighted by atomic mass is 16.5. The van der Waals surface area contributed by atoms with Crippen molar-refractivity contribution < 1.29 is 14.3 Å². The summed E-state index contributed by atoms with van der Waals surface area (Å²) >= 11 is 0. The Labute approximate surface area is 145 Å². The molecule has 0 unspecified atom stereocenters. The van der Waals surface area contributed by atoms with Crippen LogP contribution in [0.5, 0.6) is 5.75 Å². The Hall–Kier alpha value is -1.77. The molecule has 0 heterocycles. The van der Waals surface area contributed by atoms with Crippen LogP contribution in [-0.2, 0) is 16.0 Å². The van der Waals surface area contributed by atoms with Gasteiger partial charge < -0.3 is 9.47 Å². The molecule has 2 aliphatic rings. The number of aryl methyl sites for hydroxylation is 1. The van der Waals surface area contributed by atoms with Crippen LogP contribution in [0.2, 0.25) is 0 Å². The van der Waals surface area contributed by atoms with Crippen molar-refractivity contribution in [2.45, 2.75) is 57.8 Å². The van der Waals surface area contributed by atoms with Gasteiger partial charge in [-0.1, -0.05) is 31.1 Å². The summed E-state index contributed by atoms with van der Waals surface area (Å²) in [5, 5.41) is 0. The number of allylic oxidation sites excluding steroid dienone is 1. The maximum atomic E-state index is 11.2. The molecule has 3 rings (SSSR count). The molecule has 0 aromatic heterocycles. The van der Waals surface area contributed by atoms with Gasteiger partial charge in [0.2, 0.25) is 0 Å². The fraction of sp³-hybridized carbons (Fsp3) is 0.571. The van der Waals surface area contributed by atoms with Crippen LogP contribution in [0.1, 0.15) is 56.9 Å². The Morgan fingerprint density at radius 1 is 1.08 bits per heavy atom. The molecule has 1 fully saturated rings. The number of carbonyl (C=O) groups excluding carboxylic acids is 1. The predicted octanol–water partition coefficient (Wildman–Crippen LogP) is 4.84. The van der Waals surface area contributed by atoms with E-state index in [0.717, 1.165) is 11.3 Å². The minimum Gasteiger partial charge on any atom is -0.489 e. The fourth-order valence-corrected chi connectivity index (χ4v) is 4.11. The van der Waals surface area contributed by atoms with Crippen molar-refractivity contribution in [2.75, 3.05) is 13.7 Å². The van der Waals surface area contributed by atoms with Gasteiger partial charge in [0.25, 0.3) is 0 Å². The number of rotatable bonds is 6. The second-order valence-corrected chi connectivity index (χ2v) is 7.23. The Kier molecular flexibility index (Phi) is 5.60. The lowest BCUT2D eigenvalue weighted by Gasteiger charge is -2.31. The normalized spacial score (nSPS) is 19.1. The van der Waals surface area contributed by atoms with Crippen LogP contribution in [0.15, 0.2) is 35.9 Å². The predicted molar refractivity (Wildman–Crippen MR) is 95.1 cm³/mol. The van der Waals surface area contributed by atoms with E-state index in [9.17, 15) is 4.79 Å². The van der Waals surface area contributed by atoms with Gasteiger partial charge in [-0.3, -0.25) is 4.79 Å². The minimum atomic E-state index is -0.166. The molecule has 0 saturated heterocycles. The second kappa shape index (κ2) is 7.87. The smallest absolute Gasteiger partial charge is 0.305 e. The summed E-state index contributed by atoms with van der Waals surface area (Å²) in [6, 6.07) is 8.07. The molecule has 0 aliphatic heterocycles. The third-order valence-electron chi connectivity index (χ3n) is 5.48. The number of ether oxygens (including phenoxy) is 2. The second-order valence-electron chi connectivity index (χ2n) is 7.23. The summed E-state index contributed by atoms with van der Waals surface area (Å²) in [4.78, 5) is 11.2. The van der Waals surface area contributed by atoms with Crippen LogP contribution in [0.25, 0.3) is 0 Å². The molecule has 2 aliphatic carbocycles. The molecule has 1 aromatic rings. The van der Waals surface area contributed by atoms with E-state index in [0.29, 0.717) is 24.9 Å².